The van der Waals surface area contributed by atoms with E-state index >= 15 is 0 Å². The van der Waals surface area contributed by atoms with Crippen molar-refractivity contribution in [3.63, 3.8) is 0 Å². The predicted molar refractivity (Wildman–Crippen MR) is 71.1 cm³/mol. The third kappa shape index (κ3) is 1.54. The predicted octanol–water partition coefficient (Wildman–Crippen LogP) is 3.09. The van der Waals surface area contributed by atoms with E-state index in [1.165, 1.54) is 0 Å². The molecule has 18 heavy (non-hydrogen) atoms. The summed E-state index contributed by atoms with van der Waals surface area (Å²) in [4.78, 5) is 0. The molecular weight excluding hydrogens is 226 g/mol. The number of rotatable bonds is 1. The minimum Gasteiger partial charge on any atom is -0.454 e. The molecule has 2 N–H and O–H groups in total. The maximum atomic E-state index is 5.79. The van der Waals surface area contributed by atoms with Crippen LogP contribution in [0.5, 0.6) is 0 Å². The van der Waals surface area contributed by atoms with Crippen molar-refractivity contribution in [1.82, 2.24) is 10.2 Å². The van der Waals surface area contributed by atoms with Gasteiger partial charge in [0.15, 0.2) is 5.76 Å². The fourth-order valence-corrected chi connectivity index (χ4v) is 1.96. The summed E-state index contributed by atoms with van der Waals surface area (Å²) in [5.74, 6) is 1.19. The second-order valence-electron chi connectivity index (χ2n) is 4.33. The third-order valence-electron chi connectivity index (χ3n) is 3.22. The number of hydrogen-bond acceptors (Lipinski definition) is 4. The molecule has 0 fully saturated rings. The van der Waals surface area contributed by atoms with Crippen LogP contribution < -0.4 is 5.73 Å². The lowest BCUT2D eigenvalue weighted by atomic mass is 10.1. The molecule has 0 spiro atoms. The van der Waals surface area contributed by atoms with Crippen molar-refractivity contribution in [2.45, 2.75) is 13.8 Å². The van der Waals surface area contributed by atoms with Crippen LogP contribution in [-0.2, 0) is 0 Å². The van der Waals surface area contributed by atoms with Crippen LogP contribution in [0.1, 0.15) is 11.1 Å². The highest BCUT2D eigenvalue weighted by Gasteiger charge is 2.13. The van der Waals surface area contributed by atoms with E-state index in [0.717, 1.165) is 33.6 Å². The number of nitrogens with zero attached hydrogens (tertiary/aromatic N) is 2. The molecule has 0 amide bonds. The van der Waals surface area contributed by atoms with E-state index in [1.54, 1.807) is 0 Å². The van der Waals surface area contributed by atoms with Crippen molar-refractivity contribution in [3.05, 3.63) is 41.5 Å². The monoisotopic (exact) mass is 239 g/mol. The maximum Gasteiger partial charge on any atom is 0.155 e. The Bertz CT molecular complexity index is 698. The Hall–Kier alpha value is -2.36. The van der Waals surface area contributed by atoms with Gasteiger partial charge in [0.2, 0.25) is 0 Å². The molecule has 4 nitrogen and oxygen atoms in total. The second-order valence-corrected chi connectivity index (χ2v) is 4.33. The molecule has 0 saturated carbocycles. The Morgan fingerprint density at radius 1 is 1.06 bits per heavy atom. The Labute approximate surface area is 104 Å². The van der Waals surface area contributed by atoms with Gasteiger partial charge in [0.1, 0.15) is 17.1 Å². The molecule has 2 heterocycles. The van der Waals surface area contributed by atoms with Gasteiger partial charge in [-0.25, -0.2) is 0 Å². The number of furan rings is 1. The van der Waals surface area contributed by atoms with E-state index in [4.69, 9.17) is 10.2 Å². The van der Waals surface area contributed by atoms with E-state index < -0.39 is 0 Å². The largest absolute Gasteiger partial charge is 0.454 e. The molecule has 0 atom stereocenters. The smallest absolute Gasteiger partial charge is 0.155 e. The number of para-hydroxylation sites is 1. The third-order valence-corrected chi connectivity index (χ3v) is 3.22. The molecule has 90 valence electrons. The van der Waals surface area contributed by atoms with Crippen LogP contribution in [0, 0.1) is 13.8 Å². The van der Waals surface area contributed by atoms with Gasteiger partial charge in [-0.2, -0.15) is 0 Å². The first-order valence-electron chi connectivity index (χ1n) is 5.75. The SMILES string of the molecule is Cc1c(N)nnc(-c2cc3ccccc3o2)c1C. The van der Waals surface area contributed by atoms with Crippen molar-refractivity contribution in [3.8, 4) is 11.5 Å². The molecule has 0 radical (unpaired) electrons. The highest BCUT2D eigenvalue weighted by molar-refractivity contribution is 5.82. The van der Waals surface area contributed by atoms with Gasteiger partial charge in [-0.1, -0.05) is 18.2 Å². The van der Waals surface area contributed by atoms with Gasteiger partial charge in [0.25, 0.3) is 0 Å². The quantitative estimate of drug-likeness (QED) is 0.708. The number of aromatic nitrogens is 2. The molecule has 3 rings (SSSR count). The van der Waals surface area contributed by atoms with Gasteiger partial charge in [-0.3, -0.25) is 0 Å². The minimum absolute atomic E-state index is 0.465. The Morgan fingerprint density at radius 3 is 2.61 bits per heavy atom. The van der Waals surface area contributed by atoms with Crippen LogP contribution in [0.25, 0.3) is 22.4 Å². The van der Waals surface area contributed by atoms with Gasteiger partial charge in [-0.15, -0.1) is 10.2 Å². The normalized spacial score (nSPS) is 11.0. The Balaban J connectivity index is 2.23. The molecule has 0 bridgehead atoms. The standard InChI is InChI=1S/C14H13N3O/c1-8-9(2)14(15)17-16-13(8)12-7-10-5-3-4-6-11(10)18-12/h3-7H,1-2H3,(H2,15,17). The van der Waals surface area contributed by atoms with E-state index in [1.807, 2.05) is 44.2 Å². The minimum atomic E-state index is 0.465. The lowest BCUT2D eigenvalue weighted by Gasteiger charge is -2.05. The van der Waals surface area contributed by atoms with Crippen LogP contribution in [0.2, 0.25) is 0 Å². The van der Waals surface area contributed by atoms with Gasteiger partial charge >= 0.3 is 0 Å². The summed E-state index contributed by atoms with van der Waals surface area (Å²) in [5.41, 5.74) is 9.28. The average Bonchev–Trinajstić information content (AvgIpc) is 2.79. The number of anilines is 1. The molecule has 2 aromatic heterocycles. The van der Waals surface area contributed by atoms with Crippen molar-refractivity contribution in [1.29, 1.82) is 0 Å². The van der Waals surface area contributed by atoms with E-state index in [2.05, 4.69) is 10.2 Å². The van der Waals surface area contributed by atoms with E-state index in [-0.39, 0.29) is 0 Å². The first kappa shape index (κ1) is 10.8. The maximum absolute atomic E-state index is 5.79. The van der Waals surface area contributed by atoms with Gasteiger partial charge in [-0.05, 0) is 37.1 Å². The van der Waals surface area contributed by atoms with Gasteiger partial charge in [0.05, 0.1) is 0 Å². The lowest BCUT2D eigenvalue weighted by molar-refractivity contribution is 0.626. The molecule has 1 aromatic carbocycles. The average molecular weight is 239 g/mol. The zero-order chi connectivity index (χ0) is 12.7. The zero-order valence-corrected chi connectivity index (χ0v) is 10.3. The molecule has 0 saturated heterocycles. The summed E-state index contributed by atoms with van der Waals surface area (Å²) >= 11 is 0. The van der Waals surface area contributed by atoms with Gasteiger partial charge in [0, 0.05) is 5.39 Å². The van der Waals surface area contributed by atoms with Crippen LogP contribution in [0.3, 0.4) is 0 Å². The first-order valence-corrected chi connectivity index (χ1v) is 5.75. The number of benzene rings is 1. The number of hydrogen-bond donors (Lipinski definition) is 1. The number of nitrogens with two attached hydrogens (primary N) is 1. The summed E-state index contributed by atoms with van der Waals surface area (Å²) < 4.78 is 5.79. The molecular formula is C14H13N3O. The summed E-state index contributed by atoms with van der Waals surface area (Å²) in [6.45, 7) is 3.91. The van der Waals surface area contributed by atoms with Crippen molar-refractivity contribution in [2.75, 3.05) is 5.73 Å². The van der Waals surface area contributed by atoms with E-state index in [9.17, 15) is 0 Å². The zero-order valence-electron chi connectivity index (χ0n) is 10.3. The van der Waals surface area contributed by atoms with Crippen molar-refractivity contribution < 1.29 is 4.42 Å². The molecule has 0 aliphatic rings. The molecule has 0 aliphatic heterocycles. The molecule has 0 aliphatic carbocycles. The molecule has 0 unspecified atom stereocenters. The fourth-order valence-electron chi connectivity index (χ4n) is 1.96. The number of fused-ring (bicyclic) bond motifs is 1. The molecule has 3 aromatic rings. The summed E-state index contributed by atoms with van der Waals surface area (Å²) in [6, 6.07) is 9.85. The Kier molecular flexibility index (Phi) is 2.30. The highest BCUT2D eigenvalue weighted by atomic mass is 16.3. The van der Waals surface area contributed by atoms with Crippen molar-refractivity contribution >= 4 is 16.8 Å². The number of nitrogen functional groups attached to an aromatic ring is 1. The molecule has 4 heteroatoms. The fraction of sp³-hybridized carbons (Fsp3) is 0.143. The van der Waals surface area contributed by atoms with E-state index in [0.29, 0.717) is 5.82 Å². The Morgan fingerprint density at radius 2 is 1.83 bits per heavy atom. The van der Waals surface area contributed by atoms with Crippen molar-refractivity contribution in [2.24, 2.45) is 0 Å². The van der Waals surface area contributed by atoms with Gasteiger partial charge < -0.3 is 10.2 Å². The summed E-state index contributed by atoms with van der Waals surface area (Å²) in [5, 5.41) is 9.15. The summed E-state index contributed by atoms with van der Waals surface area (Å²) in [7, 11) is 0. The lowest BCUT2D eigenvalue weighted by Crippen LogP contribution is -2.01. The highest BCUT2D eigenvalue weighted by Crippen LogP contribution is 2.29. The topological polar surface area (TPSA) is 64.9 Å². The van der Waals surface area contributed by atoms with Crippen LogP contribution in [0.15, 0.2) is 34.7 Å². The van der Waals surface area contributed by atoms with Crippen LogP contribution in [0.4, 0.5) is 5.82 Å². The summed E-state index contributed by atoms with van der Waals surface area (Å²) in [6.07, 6.45) is 0. The van der Waals surface area contributed by atoms with Crippen LogP contribution >= 0.6 is 0 Å². The first-order chi connectivity index (χ1) is 8.66. The van der Waals surface area contributed by atoms with Crippen LogP contribution in [-0.4, -0.2) is 10.2 Å². The second kappa shape index (κ2) is 3.84.